The van der Waals surface area contributed by atoms with Gasteiger partial charge in [-0.3, -0.25) is 5.32 Å². The number of anilines is 1. The van der Waals surface area contributed by atoms with Gasteiger partial charge in [0.1, 0.15) is 6.10 Å². The number of amides is 1. The summed E-state index contributed by atoms with van der Waals surface area (Å²) in [5.41, 5.74) is 2.86. The highest BCUT2D eigenvalue weighted by molar-refractivity contribution is 5.91. The highest BCUT2D eigenvalue weighted by Crippen LogP contribution is 2.28. The van der Waals surface area contributed by atoms with Gasteiger partial charge in [-0.25, -0.2) is 4.79 Å². The minimum absolute atomic E-state index is 0.0179. The standard InChI is InChI=1S/C28H40N4O2/c1-30-16-8-9-23(21-30)22-31(2)19-20-32-17-14-25(15-18-32)34-28(33)29-27-13-7-6-12-26(27)24-10-4-3-5-11-24/h3-7,10-13,23,25H,8-9,14-22H2,1-2H3,(H,29,33). The van der Waals surface area contributed by atoms with Crippen LogP contribution in [0.15, 0.2) is 54.6 Å². The molecule has 1 amide bonds. The molecule has 184 valence electrons. The van der Waals surface area contributed by atoms with Crippen LogP contribution in [0.4, 0.5) is 10.5 Å². The van der Waals surface area contributed by atoms with E-state index in [4.69, 9.17) is 4.74 Å². The van der Waals surface area contributed by atoms with E-state index < -0.39 is 0 Å². The van der Waals surface area contributed by atoms with Crippen molar-refractivity contribution in [2.45, 2.75) is 31.8 Å². The monoisotopic (exact) mass is 464 g/mol. The molecular formula is C28H40N4O2. The highest BCUT2D eigenvalue weighted by atomic mass is 16.6. The third-order valence-electron chi connectivity index (χ3n) is 7.15. The number of hydrogen-bond acceptors (Lipinski definition) is 5. The zero-order valence-electron chi connectivity index (χ0n) is 20.8. The van der Waals surface area contributed by atoms with Gasteiger partial charge in [0.15, 0.2) is 0 Å². The fraction of sp³-hybridized carbons (Fsp3) is 0.536. The third kappa shape index (κ3) is 7.29. The summed E-state index contributed by atoms with van der Waals surface area (Å²) < 4.78 is 5.78. The van der Waals surface area contributed by atoms with Crippen molar-refractivity contribution in [1.82, 2.24) is 14.7 Å². The maximum absolute atomic E-state index is 12.6. The Morgan fingerprint density at radius 3 is 2.53 bits per heavy atom. The second-order valence-corrected chi connectivity index (χ2v) is 10.0. The van der Waals surface area contributed by atoms with Crippen LogP contribution in [0.1, 0.15) is 25.7 Å². The molecule has 2 aromatic rings. The van der Waals surface area contributed by atoms with Gasteiger partial charge < -0.3 is 19.4 Å². The molecule has 0 radical (unpaired) electrons. The van der Waals surface area contributed by atoms with Crippen molar-refractivity contribution in [2.75, 3.05) is 65.2 Å². The first-order valence-corrected chi connectivity index (χ1v) is 12.8. The number of nitrogens with zero attached hydrogens (tertiary/aromatic N) is 3. The quantitative estimate of drug-likeness (QED) is 0.617. The van der Waals surface area contributed by atoms with Crippen LogP contribution in [-0.2, 0) is 4.74 Å². The lowest BCUT2D eigenvalue weighted by atomic mass is 9.98. The summed E-state index contributed by atoms with van der Waals surface area (Å²) in [6.07, 6.45) is 4.09. The van der Waals surface area contributed by atoms with Crippen LogP contribution >= 0.6 is 0 Å². The molecule has 2 heterocycles. The fourth-order valence-corrected chi connectivity index (χ4v) is 5.27. The normalized spacial score (nSPS) is 20.4. The Morgan fingerprint density at radius 1 is 1.03 bits per heavy atom. The Hall–Kier alpha value is -2.41. The number of carbonyl (C=O) groups is 1. The molecule has 1 atom stereocenters. The van der Waals surface area contributed by atoms with E-state index in [0.29, 0.717) is 0 Å². The van der Waals surface area contributed by atoms with Crippen molar-refractivity contribution < 1.29 is 9.53 Å². The molecule has 2 aliphatic rings. The first kappa shape index (κ1) is 24.7. The number of nitrogens with one attached hydrogen (secondary N) is 1. The van der Waals surface area contributed by atoms with E-state index in [-0.39, 0.29) is 12.2 Å². The molecule has 0 aliphatic carbocycles. The Morgan fingerprint density at radius 2 is 1.76 bits per heavy atom. The molecule has 0 saturated carbocycles. The van der Waals surface area contributed by atoms with Crippen LogP contribution in [0.5, 0.6) is 0 Å². The van der Waals surface area contributed by atoms with E-state index in [0.717, 1.165) is 61.8 Å². The predicted molar refractivity (Wildman–Crippen MR) is 139 cm³/mol. The minimum atomic E-state index is -0.362. The van der Waals surface area contributed by atoms with E-state index in [1.165, 1.54) is 32.5 Å². The van der Waals surface area contributed by atoms with Crippen LogP contribution in [0.3, 0.4) is 0 Å². The lowest BCUT2D eigenvalue weighted by Gasteiger charge is -2.35. The summed E-state index contributed by atoms with van der Waals surface area (Å²) in [7, 11) is 4.49. The van der Waals surface area contributed by atoms with Gasteiger partial charge in [-0.1, -0.05) is 48.5 Å². The molecule has 2 fully saturated rings. The second kappa shape index (κ2) is 12.3. The number of benzene rings is 2. The Labute approximate surface area is 204 Å². The topological polar surface area (TPSA) is 48.1 Å². The summed E-state index contributed by atoms with van der Waals surface area (Å²) >= 11 is 0. The van der Waals surface area contributed by atoms with Crippen molar-refractivity contribution >= 4 is 11.8 Å². The van der Waals surface area contributed by atoms with E-state index in [1.807, 2.05) is 54.6 Å². The van der Waals surface area contributed by atoms with Crippen LogP contribution in [-0.4, -0.2) is 86.8 Å². The van der Waals surface area contributed by atoms with Crippen LogP contribution in [0, 0.1) is 5.92 Å². The molecule has 2 aromatic carbocycles. The maximum atomic E-state index is 12.6. The smallest absolute Gasteiger partial charge is 0.411 e. The van der Waals surface area contributed by atoms with E-state index >= 15 is 0 Å². The van der Waals surface area contributed by atoms with Gasteiger partial charge in [0.05, 0.1) is 5.69 Å². The fourth-order valence-electron chi connectivity index (χ4n) is 5.27. The van der Waals surface area contributed by atoms with Crippen molar-refractivity contribution in [3.05, 3.63) is 54.6 Å². The molecule has 0 spiro atoms. The highest BCUT2D eigenvalue weighted by Gasteiger charge is 2.23. The van der Waals surface area contributed by atoms with Gasteiger partial charge in [-0.15, -0.1) is 0 Å². The number of carbonyl (C=O) groups excluding carboxylic acids is 1. The van der Waals surface area contributed by atoms with Gasteiger partial charge in [0.25, 0.3) is 0 Å². The molecule has 6 nitrogen and oxygen atoms in total. The Bertz CT molecular complexity index is 898. The lowest BCUT2D eigenvalue weighted by Crippen LogP contribution is -2.43. The molecule has 0 bridgehead atoms. The number of likely N-dealkylation sites (tertiary alicyclic amines) is 2. The summed E-state index contributed by atoms with van der Waals surface area (Å²) in [5, 5.41) is 2.96. The van der Waals surface area contributed by atoms with Crippen molar-refractivity contribution in [3.63, 3.8) is 0 Å². The summed E-state index contributed by atoms with van der Waals surface area (Å²) in [5.74, 6) is 0.799. The number of ether oxygens (including phenoxy) is 1. The average molecular weight is 465 g/mol. The Kier molecular flexibility index (Phi) is 8.97. The molecule has 1 unspecified atom stereocenters. The first-order valence-electron chi connectivity index (χ1n) is 12.8. The molecule has 2 saturated heterocycles. The van der Waals surface area contributed by atoms with Crippen molar-refractivity contribution in [2.24, 2.45) is 5.92 Å². The maximum Gasteiger partial charge on any atom is 0.411 e. The first-order chi connectivity index (χ1) is 16.6. The Balaban J connectivity index is 1.17. The molecule has 4 rings (SSSR count). The minimum Gasteiger partial charge on any atom is -0.446 e. The molecule has 6 heteroatoms. The predicted octanol–water partition coefficient (Wildman–Crippen LogP) is 4.64. The summed E-state index contributed by atoms with van der Waals surface area (Å²) in [6.45, 7) is 7.82. The average Bonchev–Trinajstić information content (AvgIpc) is 2.84. The molecule has 0 aromatic heterocycles. The number of rotatable bonds is 8. The number of piperidine rings is 2. The van der Waals surface area contributed by atoms with Crippen molar-refractivity contribution in [3.8, 4) is 11.1 Å². The summed E-state index contributed by atoms with van der Waals surface area (Å²) in [4.78, 5) is 20.1. The van der Waals surface area contributed by atoms with E-state index in [9.17, 15) is 4.79 Å². The van der Waals surface area contributed by atoms with Gasteiger partial charge in [-0.05, 0) is 63.9 Å². The van der Waals surface area contributed by atoms with Gasteiger partial charge >= 0.3 is 6.09 Å². The molecule has 2 aliphatic heterocycles. The molecule has 34 heavy (non-hydrogen) atoms. The van der Waals surface area contributed by atoms with Crippen LogP contribution in [0.25, 0.3) is 11.1 Å². The van der Waals surface area contributed by atoms with Crippen LogP contribution < -0.4 is 5.32 Å². The second-order valence-electron chi connectivity index (χ2n) is 10.0. The number of hydrogen-bond donors (Lipinski definition) is 1. The summed E-state index contributed by atoms with van der Waals surface area (Å²) in [6, 6.07) is 18.0. The van der Waals surface area contributed by atoms with Crippen molar-refractivity contribution in [1.29, 1.82) is 0 Å². The number of para-hydroxylation sites is 1. The zero-order valence-corrected chi connectivity index (χ0v) is 20.8. The molecule has 1 N–H and O–H groups in total. The molecular weight excluding hydrogens is 424 g/mol. The van der Waals surface area contributed by atoms with Gasteiger partial charge in [-0.2, -0.15) is 0 Å². The van der Waals surface area contributed by atoms with E-state index in [1.54, 1.807) is 0 Å². The zero-order chi connectivity index (χ0) is 23.8. The number of likely N-dealkylation sites (N-methyl/N-ethyl adjacent to an activating group) is 1. The third-order valence-corrected chi connectivity index (χ3v) is 7.15. The van der Waals surface area contributed by atoms with Gasteiger partial charge in [0, 0.05) is 44.8 Å². The van der Waals surface area contributed by atoms with Crippen LogP contribution in [0.2, 0.25) is 0 Å². The lowest BCUT2D eigenvalue weighted by molar-refractivity contribution is 0.0555. The van der Waals surface area contributed by atoms with E-state index in [2.05, 4.69) is 34.1 Å². The SMILES string of the molecule is CN1CCCC(CN(C)CCN2CCC(OC(=O)Nc3ccccc3-c3ccccc3)CC2)C1. The largest absolute Gasteiger partial charge is 0.446 e. The van der Waals surface area contributed by atoms with Gasteiger partial charge in [0.2, 0.25) is 0 Å².